The van der Waals surface area contributed by atoms with Gasteiger partial charge in [0, 0.05) is 18.8 Å². The van der Waals surface area contributed by atoms with Crippen LogP contribution >= 0.6 is 0 Å². The number of nitrogens with zero attached hydrogens (tertiary/aromatic N) is 2. The molecule has 1 aromatic heterocycles. The lowest BCUT2D eigenvalue weighted by molar-refractivity contribution is -0.117. The molecule has 0 bridgehead atoms. The Morgan fingerprint density at radius 2 is 2.08 bits per heavy atom. The molecule has 2 aromatic rings. The molecule has 24 heavy (non-hydrogen) atoms. The zero-order valence-electron chi connectivity index (χ0n) is 13.2. The lowest BCUT2D eigenvalue weighted by Crippen LogP contribution is -2.37. The molecule has 1 amide bonds. The van der Waals surface area contributed by atoms with E-state index >= 15 is 0 Å². The third kappa shape index (κ3) is 4.59. The van der Waals surface area contributed by atoms with E-state index in [0.29, 0.717) is 23.8 Å². The molecule has 0 saturated heterocycles. The molecule has 2 N–H and O–H groups in total. The molecule has 126 valence electrons. The minimum atomic E-state index is -0.752. The first-order chi connectivity index (χ1) is 11.6. The maximum atomic E-state index is 13.0. The number of anilines is 1. The molecular weight excluding hydrogens is 309 g/mol. The van der Waals surface area contributed by atoms with E-state index in [1.54, 1.807) is 36.7 Å². The van der Waals surface area contributed by atoms with Gasteiger partial charge >= 0.3 is 0 Å². The summed E-state index contributed by atoms with van der Waals surface area (Å²) in [5.41, 5.74) is 1.30. The van der Waals surface area contributed by atoms with E-state index in [9.17, 15) is 14.3 Å². The third-order valence-electron chi connectivity index (χ3n) is 4.02. The maximum Gasteiger partial charge on any atom is 0.238 e. The average molecular weight is 329 g/mol. The van der Waals surface area contributed by atoms with E-state index < -0.39 is 6.10 Å². The number of hydrogen-bond acceptors (Lipinski definition) is 4. The number of benzene rings is 1. The lowest BCUT2D eigenvalue weighted by Gasteiger charge is -2.24. The number of aliphatic hydroxyl groups excluding tert-OH is 1. The highest BCUT2D eigenvalue weighted by molar-refractivity contribution is 5.92. The highest BCUT2D eigenvalue weighted by Crippen LogP contribution is 2.28. The van der Waals surface area contributed by atoms with Gasteiger partial charge in [0.15, 0.2) is 0 Å². The molecule has 1 heterocycles. The molecule has 6 heteroatoms. The van der Waals surface area contributed by atoms with Crippen molar-refractivity contribution in [1.29, 1.82) is 0 Å². The van der Waals surface area contributed by atoms with E-state index in [4.69, 9.17) is 0 Å². The first kappa shape index (κ1) is 16.5. The van der Waals surface area contributed by atoms with Gasteiger partial charge in [-0.15, -0.1) is 0 Å². The molecule has 1 fully saturated rings. The predicted molar refractivity (Wildman–Crippen MR) is 88.8 cm³/mol. The summed E-state index contributed by atoms with van der Waals surface area (Å²) in [5, 5.41) is 13.2. The van der Waals surface area contributed by atoms with Crippen molar-refractivity contribution in [2.75, 3.05) is 18.4 Å². The first-order valence-corrected chi connectivity index (χ1v) is 7.99. The number of pyridine rings is 1. The molecule has 3 rings (SSSR count). The average Bonchev–Trinajstić information content (AvgIpc) is 3.40. The molecule has 1 aromatic carbocycles. The van der Waals surface area contributed by atoms with Gasteiger partial charge in [0.05, 0.1) is 24.5 Å². The van der Waals surface area contributed by atoms with Gasteiger partial charge in [-0.3, -0.25) is 14.7 Å². The number of rotatable bonds is 7. The summed E-state index contributed by atoms with van der Waals surface area (Å²) in [6, 6.07) is 9.65. The van der Waals surface area contributed by atoms with Gasteiger partial charge in [-0.25, -0.2) is 4.39 Å². The Morgan fingerprint density at radius 3 is 2.71 bits per heavy atom. The van der Waals surface area contributed by atoms with Crippen LogP contribution in [0.2, 0.25) is 0 Å². The number of halogens is 1. The predicted octanol–water partition coefficient (Wildman–Crippen LogP) is 2.36. The van der Waals surface area contributed by atoms with Crippen molar-refractivity contribution >= 4 is 11.6 Å². The fourth-order valence-corrected chi connectivity index (χ4v) is 2.62. The van der Waals surface area contributed by atoms with Crippen LogP contribution in [-0.2, 0) is 4.79 Å². The topological polar surface area (TPSA) is 65.5 Å². The third-order valence-corrected chi connectivity index (χ3v) is 4.02. The summed E-state index contributed by atoms with van der Waals surface area (Å²) in [5.74, 6) is -0.470. The summed E-state index contributed by atoms with van der Waals surface area (Å²) in [6.45, 7) is 0.550. The van der Waals surface area contributed by atoms with E-state index in [-0.39, 0.29) is 18.3 Å². The Balaban J connectivity index is 1.58. The Hall–Kier alpha value is -2.31. The number of carbonyl (C=O) groups excluding carboxylic acids is 1. The minimum absolute atomic E-state index is 0.138. The Morgan fingerprint density at radius 1 is 1.33 bits per heavy atom. The van der Waals surface area contributed by atoms with Crippen molar-refractivity contribution in [2.45, 2.75) is 25.0 Å². The van der Waals surface area contributed by atoms with Gasteiger partial charge in [0.2, 0.25) is 5.91 Å². The van der Waals surface area contributed by atoms with Crippen LogP contribution in [0.25, 0.3) is 0 Å². The zero-order valence-corrected chi connectivity index (χ0v) is 13.2. The van der Waals surface area contributed by atoms with Gasteiger partial charge in [0.1, 0.15) is 5.82 Å². The van der Waals surface area contributed by atoms with Crippen molar-refractivity contribution in [2.24, 2.45) is 0 Å². The standard InChI is InChI=1S/C18H20FN3O2/c19-14-5-3-13(4-6-14)17(23)11-22(16-7-8-16)12-18(24)21-15-2-1-9-20-10-15/h1-6,9-10,16-17,23H,7-8,11-12H2,(H,21,24)/t17-/m1/s1. The van der Waals surface area contributed by atoms with Crippen LogP contribution in [0.1, 0.15) is 24.5 Å². The van der Waals surface area contributed by atoms with Gasteiger partial charge < -0.3 is 10.4 Å². The second kappa shape index (κ2) is 7.51. The molecule has 0 radical (unpaired) electrons. The van der Waals surface area contributed by atoms with Crippen LogP contribution in [-0.4, -0.2) is 40.0 Å². The molecule has 0 unspecified atom stereocenters. The van der Waals surface area contributed by atoms with E-state index in [2.05, 4.69) is 10.3 Å². The number of amides is 1. The molecule has 1 aliphatic rings. The highest BCUT2D eigenvalue weighted by atomic mass is 19.1. The number of nitrogens with one attached hydrogen (secondary N) is 1. The molecule has 1 aliphatic carbocycles. The highest BCUT2D eigenvalue weighted by Gasteiger charge is 2.31. The maximum absolute atomic E-state index is 13.0. The smallest absolute Gasteiger partial charge is 0.238 e. The second-order valence-electron chi connectivity index (χ2n) is 6.02. The molecule has 0 aliphatic heterocycles. The van der Waals surface area contributed by atoms with Crippen LogP contribution in [0.5, 0.6) is 0 Å². The number of hydrogen-bond donors (Lipinski definition) is 2. The van der Waals surface area contributed by atoms with E-state index in [1.165, 1.54) is 12.1 Å². The minimum Gasteiger partial charge on any atom is -0.387 e. The van der Waals surface area contributed by atoms with Crippen LogP contribution in [0.15, 0.2) is 48.8 Å². The number of aliphatic hydroxyl groups is 1. The Labute approximate surface area is 140 Å². The summed E-state index contributed by atoms with van der Waals surface area (Å²) < 4.78 is 13.0. The van der Waals surface area contributed by atoms with Crippen molar-refractivity contribution in [3.05, 3.63) is 60.2 Å². The van der Waals surface area contributed by atoms with E-state index in [1.807, 2.05) is 4.90 Å². The zero-order chi connectivity index (χ0) is 16.9. The van der Waals surface area contributed by atoms with Gasteiger partial charge in [0.25, 0.3) is 0 Å². The summed E-state index contributed by atoms with van der Waals surface area (Å²) in [7, 11) is 0. The van der Waals surface area contributed by atoms with Crippen molar-refractivity contribution in [3.8, 4) is 0 Å². The Kier molecular flexibility index (Phi) is 5.17. The Bertz CT molecular complexity index is 674. The van der Waals surface area contributed by atoms with Crippen molar-refractivity contribution in [3.63, 3.8) is 0 Å². The van der Waals surface area contributed by atoms with Gasteiger partial charge in [-0.2, -0.15) is 0 Å². The SMILES string of the molecule is O=C(CN(C[C@@H](O)c1ccc(F)cc1)C1CC1)Nc1cccnc1. The normalized spacial score (nSPS) is 15.3. The number of aromatic nitrogens is 1. The molecule has 1 saturated carbocycles. The largest absolute Gasteiger partial charge is 0.387 e. The first-order valence-electron chi connectivity index (χ1n) is 7.99. The molecule has 1 atom stereocenters. The lowest BCUT2D eigenvalue weighted by atomic mass is 10.1. The van der Waals surface area contributed by atoms with Crippen LogP contribution < -0.4 is 5.32 Å². The summed E-state index contributed by atoms with van der Waals surface area (Å²) in [6.07, 6.45) is 4.53. The van der Waals surface area contributed by atoms with Crippen LogP contribution in [0.4, 0.5) is 10.1 Å². The number of carbonyl (C=O) groups is 1. The summed E-state index contributed by atoms with van der Waals surface area (Å²) in [4.78, 5) is 18.1. The summed E-state index contributed by atoms with van der Waals surface area (Å²) >= 11 is 0. The molecule has 5 nitrogen and oxygen atoms in total. The molecule has 0 spiro atoms. The quantitative estimate of drug-likeness (QED) is 0.818. The second-order valence-corrected chi connectivity index (χ2v) is 6.02. The fraction of sp³-hybridized carbons (Fsp3) is 0.333. The molecular formula is C18H20FN3O2. The van der Waals surface area contributed by atoms with Crippen LogP contribution in [0.3, 0.4) is 0 Å². The van der Waals surface area contributed by atoms with Crippen LogP contribution in [0, 0.1) is 5.82 Å². The van der Waals surface area contributed by atoms with E-state index in [0.717, 1.165) is 12.8 Å². The van der Waals surface area contributed by atoms with Crippen molar-refractivity contribution < 1.29 is 14.3 Å². The van der Waals surface area contributed by atoms with Gasteiger partial charge in [-0.05, 0) is 42.7 Å². The van der Waals surface area contributed by atoms with Gasteiger partial charge in [-0.1, -0.05) is 12.1 Å². The van der Waals surface area contributed by atoms with Crippen molar-refractivity contribution in [1.82, 2.24) is 9.88 Å². The monoisotopic (exact) mass is 329 g/mol. The fourth-order valence-electron chi connectivity index (χ4n) is 2.62.